The Kier molecular flexibility index (Phi) is 11.9. The zero-order valence-corrected chi connectivity index (χ0v) is 24.7. The second kappa shape index (κ2) is 15.6. The molecule has 40 heavy (non-hydrogen) atoms. The van der Waals surface area contributed by atoms with Gasteiger partial charge in [-0.05, 0) is 78.5 Å². The molecule has 1 heterocycles. The van der Waals surface area contributed by atoms with Gasteiger partial charge in [0.1, 0.15) is 6.04 Å². The summed E-state index contributed by atoms with van der Waals surface area (Å²) in [6, 6.07) is 13.2. The molecule has 218 valence electrons. The molecule has 0 spiro atoms. The van der Waals surface area contributed by atoms with Gasteiger partial charge < -0.3 is 19.9 Å². The van der Waals surface area contributed by atoms with Crippen molar-refractivity contribution in [1.82, 2.24) is 10.2 Å². The van der Waals surface area contributed by atoms with Gasteiger partial charge in [-0.25, -0.2) is 4.79 Å². The molecule has 2 aromatic carbocycles. The number of nitrogens with zero attached hydrogens (tertiary/aromatic N) is 1. The summed E-state index contributed by atoms with van der Waals surface area (Å²) in [7, 11) is 0. The Balaban J connectivity index is 1.51. The SMILES string of the molecule is CSCC[C@H](NC(=O)c1ccc(CN2CCOC[C@@H]2COCC2CCCCC2)cc1-c1ccccc1C)C(=O)O. The van der Waals surface area contributed by atoms with Gasteiger partial charge in [0.15, 0.2) is 0 Å². The molecule has 0 bridgehead atoms. The number of rotatable bonds is 13. The summed E-state index contributed by atoms with van der Waals surface area (Å²) < 4.78 is 12.0. The number of hydrogen-bond acceptors (Lipinski definition) is 6. The number of thioether (sulfide) groups is 1. The maximum absolute atomic E-state index is 13.4. The molecule has 2 aromatic rings. The third kappa shape index (κ3) is 8.56. The van der Waals surface area contributed by atoms with Crippen LogP contribution in [0.2, 0.25) is 0 Å². The molecule has 2 aliphatic rings. The zero-order chi connectivity index (χ0) is 28.3. The van der Waals surface area contributed by atoms with Crippen molar-refractivity contribution in [2.45, 2.75) is 64.1 Å². The highest BCUT2D eigenvalue weighted by Gasteiger charge is 2.26. The van der Waals surface area contributed by atoms with E-state index in [4.69, 9.17) is 9.47 Å². The number of aryl methyl sites for hydroxylation is 1. The highest BCUT2D eigenvalue weighted by Crippen LogP contribution is 2.29. The summed E-state index contributed by atoms with van der Waals surface area (Å²) in [5.74, 6) is -0.0333. The van der Waals surface area contributed by atoms with Crippen LogP contribution < -0.4 is 5.32 Å². The summed E-state index contributed by atoms with van der Waals surface area (Å²) in [4.78, 5) is 27.6. The molecule has 1 aliphatic carbocycles. The Labute approximate surface area is 243 Å². The van der Waals surface area contributed by atoms with E-state index >= 15 is 0 Å². The molecule has 0 radical (unpaired) electrons. The molecule has 1 aliphatic heterocycles. The first kappa shape index (κ1) is 30.6. The van der Waals surface area contributed by atoms with Gasteiger partial charge in [0.05, 0.1) is 25.9 Å². The van der Waals surface area contributed by atoms with Crippen LogP contribution in [0.5, 0.6) is 0 Å². The van der Waals surface area contributed by atoms with Crippen LogP contribution >= 0.6 is 11.8 Å². The number of benzene rings is 2. The number of amides is 1. The van der Waals surface area contributed by atoms with Crippen molar-refractivity contribution >= 4 is 23.6 Å². The summed E-state index contributed by atoms with van der Waals surface area (Å²) in [5.41, 5.74) is 4.44. The Hall–Kier alpha value is -2.39. The third-order valence-electron chi connectivity index (χ3n) is 8.10. The summed E-state index contributed by atoms with van der Waals surface area (Å²) in [6.45, 7) is 6.43. The molecule has 2 N–H and O–H groups in total. The van der Waals surface area contributed by atoms with Gasteiger partial charge in [-0.1, -0.05) is 49.6 Å². The highest BCUT2D eigenvalue weighted by molar-refractivity contribution is 7.98. The first-order chi connectivity index (χ1) is 19.5. The molecule has 7 nitrogen and oxygen atoms in total. The van der Waals surface area contributed by atoms with E-state index in [1.165, 1.54) is 32.1 Å². The van der Waals surface area contributed by atoms with Gasteiger partial charge in [0.2, 0.25) is 0 Å². The average molecular weight is 569 g/mol. The summed E-state index contributed by atoms with van der Waals surface area (Å²) >= 11 is 1.57. The number of carboxylic acid groups (broad SMARTS) is 1. The van der Waals surface area contributed by atoms with E-state index in [1.807, 2.05) is 49.6 Å². The zero-order valence-electron chi connectivity index (χ0n) is 23.9. The molecule has 8 heteroatoms. The lowest BCUT2D eigenvalue weighted by Gasteiger charge is -2.36. The van der Waals surface area contributed by atoms with E-state index in [2.05, 4.69) is 16.3 Å². The van der Waals surface area contributed by atoms with Gasteiger partial charge in [-0.15, -0.1) is 0 Å². The number of ether oxygens (including phenoxy) is 2. The van der Waals surface area contributed by atoms with Crippen molar-refractivity contribution in [2.75, 3.05) is 45.0 Å². The standard InChI is InChI=1S/C32H44N2O5S/c1-23-8-6-7-11-27(23)29-18-25(12-13-28(29)31(35)33-30(32(36)37)14-17-40-2)19-34-15-16-38-21-26(34)22-39-20-24-9-4-3-5-10-24/h6-8,11-13,18,24,26,30H,3-5,9-10,14-17,19-22H2,1-2H3,(H,33,35)(H,36,37)/t26-,30+/m1/s1. The van der Waals surface area contributed by atoms with E-state index in [0.29, 0.717) is 43.5 Å². The van der Waals surface area contributed by atoms with Crippen LogP contribution in [0.4, 0.5) is 0 Å². The topological polar surface area (TPSA) is 88.1 Å². The molecule has 4 rings (SSSR count). The number of hydrogen-bond donors (Lipinski definition) is 2. The minimum absolute atomic E-state index is 0.190. The smallest absolute Gasteiger partial charge is 0.326 e. The van der Waals surface area contributed by atoms with Crippen molar-refractivity contribution in [3.05, 3.63) is 59.2 Å². The van der Waals surface area contributed by atoms with Crippen molar-refractivity contribution in [3.63, 3.8) is 0 Å². The van der Waals surface area contributed by atoms with E-state index in [0.717, 1.165) is 42.0 Å². The fourth-order valence-corrected chi connectivity index (χ4v) is 6.20. The minimum atomic E-state index is -1.01. The van der Waals surface area contributed by atoms with Crippen molar-refractivity contribution in [1.29, 1.82) is 0 Å². The largest absolute Gasteiger partial charge is 0.480 e. The lowest BCUT2D eigenvalue weighted by molar-refractivity contribution is -0.139. The molecular formula is C32H44N2O5S. The van der Waals surface area contributed by atoms with E-state index < -0.39 is 12.0 Å². The molecule has 1 saturated heterocycles. The molecule has 0 unspecified atom stereocenters. The number of morpholine rings is 1. The Morgan fingerprint density at radius 2 is 1.93 bits per heavy atom. The van der Waals surface area contributed by atoms with E-state index in [1.54, 1.807) is 11.8 Å². The first-order valence-corrected chi connectivity index (χ1v) is 16.0. The maximum Gasteiger partial charge on any atom is 0.326 e. The quantitative estimate of drug-likeness (QED) is 0.335. The average Bonchev–Trinajstić information content (AvgIpc) is 2.96. The monoisotopic (exact) mass is 568 g/mol. The van der Waals surface area contributed by atoms with Gasteiger partial charge in [-0.3, -0.25) is 9.69 Å². The van der Waals surface area contributed by atoms with Crippen LogP contribution in [-0.4, -0.2) is 78.9 Å². The van der Waals surface area contributed by atoms with Crippen LogP contribution in [0.1, 0.15) is 60.0 Å². The lowest BCUT2D eigenvalue weighted by Crippen LogP contribution is -2.47. The highest BCUT2D eigenvalue weighted by atomic mass is 32.2. The van der Waals surface area contributed by atoms with Gasteiger partial charge in [-0.2, -0.15) is 11.8 Å². The molecular weight excluding hydrogens is 524 g/mol. The normalized spacial score (nSPS) is 19.3. The summed E-state index contributed by atoms with van der Waals surface area (Å²) in [6.07, 6.45) is 8.84. The van der Waals surface area contributed by atoms with Crippen LogP contribution in [0, 0.1) is 12.8 Å². The first-order valence-electron chi connectivity index (χ1n) is 14.6. The Bertz CT molecular complexity index is 1120. The number of carbonyl (C=O) groups is 2. The predicted molar refractivity (Wildman–Crippen MR) is 161 cm³/mol. The Morgan fingerprint density at radius 1 is 1.12 bits per heavy atom. The van der Waals surface area contributed by atoms with Crippen LogP contribution in [-0.2, 0) is 20.8 Å². The van der Waals surface area contributed by atoms with Crippen molar-refractivity contribution in [2.24, 2.45) is 5.92 Å². The Morgan fingerprint density at radius 3 is 2.67 bits per heavy atom. The van der Waals surface area contributed by atoms with E-state index in [-0.39, 0.29) is 11.9 Å². The summed E-state index contributed by atoms with van der Waals surface area (Å²) in [5, 5.41) is 12.4. The third-order valence-corrected chi connectivity index (χ3v) is 8.75. The number of aliphatic carboxylic acids is 1. The van der Waals surface area contributed by atoms with Gasteiger partial charge in [0.25, 0.3) is 5.91 Å². The fourth-order valence-electron chi connectivity index (χ4n) is 5.72. The van der Waals surface area contributed by atoms with Gasteiger partial charge >= 0.3 is 5.97 Å². The minimum Gasteiger partial charge on any atom is -0.480 e. The van der Waals surface area contributed by atoms with Crippen LogP contribution in [0.3, 0.4) is 0 Å². The second-order valence-electron chi connectivity index (χ2n) is 11.1. The molecule has 2 fully saturated rings. The van der Waals surface area contributed by atoms with Crippen molar-refractivity contribution in [3.8, 4) is 11.1 Å². The molecule has 0 aromatic heterocycles. The number of nitrogens with one attached hydrogen (secondary N) is 1. The molecule has 1 amide bonds. The van der Waals surface area contributed by atoms with Crippen LogP contribution in [0.15, 0.2) is 42.5 Å². The number of carbonyl (C=O) groups excluding carboxylic acids is 1. The maximum atomic E-state index is 13.4. The van der Waals surface area contributed by atoms with E-state index in [9.17, 15) is 14.7 Å². The van der Waals surface area contributed by atoms with Crippen LogP contribution in [0.25, 0.3) is 11.1 Å². The van der Waals surface area contributed by atoms with Gasteiger partial charge in [0, 0.05) is 25.3 Å². The molecule has 1 saturated carbocycles. The lowest BCUT2D eigenvalue weighted by atomic mass is 9.90. The fraction of sp³-hybridized carbons (Fsp3) is 0.562. The second-order valence-corrected chi connectivity index (χ2v) is 12.1. The molecule has 2 atom stereocenters. The predicted octanol–water partition coefficient (Wildman–Crippen LogP) is 5.40. The van der Waals surface area contributed by atoms with Crippen molar-refractivity contribution < 1.29 is 24.2 Å². The number of carboxylic acids is 1.